The average Bonchev–Trinajstić information content (AvgIpc) is 3.34. The van der Waals surface area contributed by atoms with E-state index in [9.17, 15) is 0 Å². The number of hydrogen-bond acceptors (Lipinski definition) is 5. The van der Waals surface area contributed by atoms with Crippen LogP contribution in [0.1, 0.15) is 11.1 Å². The fraction of sp³-hybridized carbons (Fsp3) is 0.286. The predicted octanol–water partition coefficient (Wildman–Crippen LogP) is -0.0418. The van der Waals surface area contributed by atoms with Gasteiger partial charge in [-0.3, -0.25) is 0 Å². The summed E-state index contributed by atoms with van der Waals surface area (Å²) in [6.07, 6.45) is 4.01. The maximum atomic E-state index is 5.75. The van der Waals surface area contributed by atoms with Crippen LogP contribution in [0.3, 0.4) is 0 Å². The van der Waals surface area contributed by atoms with E-state index in [1.807, 2.05) is 6.07 Å². The molecule has 3 heterocycles. The van der Waals surface area contributed by atoms with Gasteiger partial charge in [-0.2, -0.15) is 4.57 Å². The molecule has 6 nitrogen and oxygen atoms in total. The predicted molar refractivity (Wildman–Crippen MR) is 96.2 cm³/mol. The third-order valence-electron chi connectivity index (χ3n) is 5.53. The van der Waals surface area contributed by atoms with Gasteiger partial charge in [0.1, 0.15) is 0 Å². The Labute approximate surface area is 167 Å². The Bertz CT molecular complexity index is 1110. The van der Waals surface area contributed by atoms with E-state index in [4.69, 9.17) is 23.7 Å². The summed E-state index contributed by atoms with van der Waals surface area (Å²) < 4.78 is 30.2. The Hall–Kier alpha value is -2.70. The van der Waals surface area contributed by atoms with Gasteiger partial charge < -0.3 is 36.1 Å². The summed E-state index contributed by atoms with van der Waals surface area (Å²) >= 11 is 0. The number of aryl methyl sites for hydroxylation is 2. The van der Waals surface area contributed by atoms with Gasteiger partial charge in [0.15, 0.2) is 29.2 Å². The zero-order valence-corrected chi connectivity index (χ0v) is 16.0. The van der Waals surface area contributed by atoms with E-state index in [0.29, 0.717) is 6.73 Å². The summed E-state index contributed by atoms with van der Waals surface area (Å²) in [5.41, 5.74) is 4.92. The van der Waals surface area contributed by atoms with Crippen molar-refractivity contribution in [3.63, 3.8) is 0 Å². The monoisotopic (exact) mass is 399 g/mol. The molecule has 0 atom stereocenters. The zero-order chi connectivity index (χ0) is 18.0. The molecule has 0 saturated carbocycles. The normalized spacial score (nSPS) is 15.2. The molecule has 3 aliphatic rings. The topological polar surface area (TPSA) is 50.0 Å². The van der Waals surface area contributed by atoms with E-state index in [-0.39, 0.29) is 26.0 Å². The van der Waals surface area contributed by atoms with Gasteiger partial charge in [-0.05, 0) is 42.7 Å². The molecule has 0 radical (unpaired) electrons. The lowest BCUT2D eigenvalue weighted by atomic mass is 9.85. The first-order valence-electron chi connectivity index (χ1n) is 9.03. The number of methoxy groups -OCH3 is 1. The summed E-state index contributed by atoms with van der Waals surface area (Å²) in [5, 5.41) is 2.26. The van der Waals surface area contributed by atoms with Crippen molar-refractivity contribution in [1.29, 1.82) is 0 Å². The number of ether oxygens (including phenoxy) is 5. The number of benzene rings is 2. The Morgan fingerprint density at radius 2 is 1.71 bits per heavy atom. The van der Waals surface area contributed by atoms with Crippen LogP contribution >= 0.6 is 0 Å². The van der Waals surface area contributed by atoms with Gasteiger partial charge in [-0.1, -0.05) is 0 Å². The van der Waals surface area contributed by atoms with Crippen LogP contribution in [0.4, 0.5) is 0 Å². The van der Waals surface area contributed by atoms with E-state index in [0.717, 1.165) is 41.2 Å². The van der Waals surface area contributed by atoms with E-state index in [1.54, 1.807) is 7.11 Å². The molecule has 2 aromatic carbocycles. The van der Waals surface area contributed by atoms with Gasteiger partial charge in [0.2, 0.25) is 19.3 Å². The molecular weight excluding hydrogens is 382 g/mol. The second kappa shape index (κ2) is 6.43. The van der Waals surface area contributed by atoms with Gasteiger partial charge in [0.25, 0.3) is 6.73 Å². The number of halogens is 1. The molecule has 0 saturated heterocycles. The number of pyridine rings is 1. The van der Waals surface area contributed by atoms with Gasteiger partial charge in [0, 0.05) is 18.1 Å². The minimum absolute atomic E-state index is 0. The van der Waals surface area contributed by atoms with Gasteiger partial charge in [-0.25, -0.2) is 0 Å². The second-order valence-corrected chi connectivity index (χ2v) is 6.97. The van der Waals surface area contributed by atoms with E-state index in [1.165, 1.54) is 27.8 Å². The fourth-order valence-corrected chi connectivity index (χ4v) is 4.39. The SMILES string of the molecule is COC[n+]1cc2c3c(ccc2c2c1-c1cc4c(cc1CC2)OCO4)OCO3.[Cl-]. The molecule has 0 spiro atoms. The molecule has 0 N–H and O–H groups in total. The molecule has 1 aromatic heterocycles. The minimum atomic E-state index is 0. The molecule has 3 aromatic rings. The molecule has 0 fully saturated rings. The number of rotatable bonds is 2. The lowest BCUT2D eigenvalue weighted by Crippen LogP contribution is -3.00. The van der Waals surface area contributed by atoms with E-state index in [2.05, 4.69) is 29.0 Å². The van der Waals surface area contributed by atoms with Crippen LogP contribution in [-0.2, 0) is 24.3 Å². The number of fused-ring (bicyclic) bond motifs is 8. The van der Waals surface area contributed by atoms with Crippen LogP contribution in [0.15, 0.2) is 30.5 Å². The smallest absolute Gasteiger partial charge is 0.252 e. The quantitative estimate of drug-likeness (QED) is 0.566. The number of hydrogen-bond donors (Lipinski definition) is 0. The van der Waals surface area contributed by atoms with Crippen LogP contribution in [0.2, 0.25) is 0 Å². The largest absolute Gasteiger partial charge is 1.00 e. The Balaban J connectivity index is 0.00000171. The second-order valence-electron chi connectivity index (χ2n) is 6.97. The first kappa shape index (κ1) is 17.4. The van der Waals surface area contributed by atoms with Crippen molar-refractivity contribution in [2.75, 3.05) is 20.7 Å². The third-order valence-corrected chi connectivity index (χ3v) is 5.53. The van der Waals surface area contributed by atoms with E-state index < -0.39 is 0 Å². The molecule has 0 bridgehead atoms. The van der Waals surface area contributed by atoms with Crippen LogP contribution in [-0.4, -0.2) is 20.7 Å². The molecule has 144 valence electrons. The molecule has 0 unspecified atom stereocenters. The summed E-state index contributed by atoms with van der Waals surface area (Å²) in [7, 11) is 1.71. The first-order valence-corrected chi connectivity index (χ1v) is 9.03. The van der Waals surface area contributed by atoms with Gasteiger partial charge in [0.05, 0.1) is 10.9 Å². The highest BCUT2D eigenvalue weighted by Gasteiger charge is 2.32. The summed E-state index contributed by atoms with van der Waals surface area (Å²) in [5.74, 6) is 3.25. The van der Waals surface area contributed by atoms with Crippen molar-refractivity contribution in [2.45, 2.75) is 19.6 Å². The highest BCUT2D eigenvalue weighted by molar-refractivity contribution is 5.95. The zero-order valence-electron chi connectivity index (χ0n) is 15.3. The van der Waals surface area contributed by atoms with Crippen LogP contribution in [0.5, 0.6) is 23.0 Å². The highest BCUT2D eigenvalue weighted by atomic mass is 35.5. The van der Waals surface area contributed by atoms with Crippen LogP contribution in [0, 0.1) is 0 Å². The van der Waals surface area contributed by atoms with Crippen LogP contribution < -0.4 is 35.9 Å². The van der Waals surface area contributed by atoms with Crippen molar-refractivity contribution in [2.24, 2.45) is 0 Å². The van der Waals surface area contributed by atoms with Crippen molar-refractivity contribution in [3.8, 4) is 34.3 Å². The Kier molecular flexibility index (Phi) is 4.00. The molecule has 7 heteroatoms. The first-order chi connectivity index (χ1) is 13.3. The van der Waals surface area contributed by atoms with Crippen molar-refractivity contribution < 1.29 is 40.7 Å². The summed E-state index contributed by atoms with van der Waals surface area (Å²) in [4.78, 5) is 0. The minimum Gasteiger partial charge on any atom is -1.00 e. The number of nitrogens with zero attached hydrogens (tertiary/aromatic N) is 1. The Morgan fingerprint density at radius 1 is 0.929 bits per heavy atom. The molecule has 6 rings (SSSR count). The van der Waals surface area contributed by atoms with Crippen LogP contribution in [0.25, 0.3) is 22.0 Å². The molecular formula is C21H18ClNO5. The Morgan fingerprint density at radius 3 is 2.57 bits per heavy atom. The molecule has 2 aliphatic heterocycles. The molecule has 28 heavy (non-hydrogen) atoms. The van der Waals surface area contributed by atoms with E-state index >= 15 is 0 Å². The molecule has 1 aliphatic carbocycles. The van der Waals surface area contributed by atoms with Gasteiger partial charge >= 0.3 is 0 Å². The maximum Gasteiger partial charge on any atom is 0.252 e. The number of aromatic nitrogens is 1. The van der Waals surface area contributed by atoms with Gasteiger partial charge in [-0.15, -0.1) is 0 Å². The maximum absolute atomic E-state index is 5.75. The van der Waals surface area contributed by atoms with Crippen molar-refractivity contribution >= 4 is 10.8 Å². The fourth-order valence-electron chi connectivity index (χ4n) is 4.39. The van der Waals surface area contributed by atoms with Crippen molar-refractivity contribution in [3.05, 3.63) is 41.6 Å². The lowest BCUT2D eigenvalue weighted by molar-refractivity contribution is -0.720. The third kappa shape index (κ3) is 2.34. The van der Waals surface area contributed by atoms with Crippen molar-refractivity contribution in [1.82, 2.24) is 0 Å². The lowest BCUT2D eigenvalue weighted by Gasteiger charge is -2.20. The standard InChI is InChI=1S/C21H18NO5.ClH/c1-23-9-22-8-16-13(4-5-17-21(16)27-11-24-17)14-3-2-12-6-18-19(26-10-25-18)7-15(12)20(14)22;/h4-8H,2-3,9-11H2,1H3;1H/q+1;/p-1. The summed E-state index contributed by atoms with van der Waals surface area (Å²) in [6, 6.07) is 8.35. The average molecular weight is 400 g/mol. The highest BCUT2D eigenvalue weighted by Crippen LogP contribution is 2.45. The summed E-state index contributed by atoms with van der Waals surface area (Å²) in [6.45, 7) is 1.00. The molecule has 0 amide bonds.